The largest absolute Gasteiger partial charge is 0.378 e. The number of nitrogens with one attached hydrogen (secondary N) is 1. The van der Waals surface area contributed by atoms with Gasteiger partial charge in [-0.15, -0.1) is 6.58 Å². The molecule has 0 bridgehead atoms. The van der Waals surface area contributed by atoms with Gasteiger partial charge in [0.2, 0.25) is 0 Å². The summed E-state index contributed by atoms with van der Waals surface area (Å²) in [4.78, 5) is 12.2. The number of anilines is 1. The van der Waals surface area contributed by atoms with Crippen LogP contribution in [0.15, 0.2) is 28.1 Å². The van der Waals surface area contributed by atoms with Crippen LogP contribution in [0.5, 0.6) is 0 Å². The van der Waals surface area contributed by atoms with Crippen LogP contribution in [0.25, 0.3) is 0 Å². The van der Waals surface area contributed by atoms with E-state index in [0.717, 1.165) is 5.69 Å². The van der Waals surface area contributed by atoms with E-state index < -0.39 is 0 Å². The van der Waals surface area contributed by atoms with E-state index in [4.69, 9.17) is 5.73 Å². The molecule has 116 valence electrons. The average molecular weight is 355 g/mol. The van der Waals surface area contributed by atoms with Crippen LogP contribution >= 0.6 is 15.9 Å². The topological polar surface area (TPSA) is 72.9 Å². The fourth-order valence-electron chi connectivity index (χ4n) is 2.92. The Morgan fingerprint density at radius 3 is 2.86 bits per heavy atom. The van der Waals surface area contributed by atoms with E-state index in [1.54, 1.807) is 12.3 Å². The second-order valence-electron chi connectivity index (χ2n) is 5.53. The molecule has 21 heavy (non-hydrogen) atoms. The van der Waals surface area contributed by atoms with E-state index in [1.165, 1.54) is 36.8 Å². The summed E-state index contributed by atoms with van der Waals surface area (Å²) in [5.74, 6) is 0.575. The summed E-state index contributed by atoms with van der Waals surface area (Å²) >= 11 is 3.37. The van der Waals surface area contributed by atoms with Crippen LogP contribution in [0.3, 0.4) is 0 Å². The Morgan fingerprint density at radius 2 is 2.24 bits per heavy atom. The lowest BCUT2D eigenvalue weighted by molar-refractivity contribution is 0.320. The van der Waals surface area contributed by atoms with Crippen molar-refractivity contribution in [3.63, 3.8) is 0 Å². The Hall–Kier alpha value is -1.14. The second kappa shape index (κ2) is 7.75. The number of allylic oxidation sites excluding steroid dienone is 1. The third kappa shape index (κ3) is 3.95. The van der Waals surface area contributed by atoms with Crippen molar-refractivity contribution in [1.82, 2.24) is 9.78 Å². The molecule has 5 nitrogen and oxygen atoms in total. The predicted octanol–water partition coefficient (Wildman–Crippen LogP) is 2.51. The van der Waals surface area contributed by atoms with E-state index in [9.17, 15) is 4.79 Å². The number of aromatic nitrogens is 2. The first kappa shape index (κ1) is 16.2. The van der Waals surface area contributed by atoms with Gasteiger partial charge < -0.3 is 11.1 Å². The van der Waals surface area contributed by atoms with Gasteiger partial charge in [-0.25, -0.2) is 4.68 Å². The van der Waals surface area contributed by atoms with Crippen LogP contribution < -0.4 is 16.6 Å². The van der Waals surface area contributed by atoms with E-state index in [0.29, 0.717) is 23.5 Å². The van der Waals surface area contributed by atoms with Crippen LogP contribution in [0.4, 0.5) is 5.69 Å². The standard InChI is InChI=1S/C15H23BrN4O/c1-2-8-20-15(21)14(16)13(10-18-20)19-12(9-17)11-6-4-3-5-7-11/h2,10-12,19H,1,3-9,17H2. The fourth-order valence-corrected chi connectivity index (χ4v) is 3.35. The Bertz CT molecular complexity index is 537. The lowest BCUT2D eigenvalue weighted by atomic mass is 9.84. The highest BCUT2D eigenvalue weighted by atomic mass is 79.9. The number of hydrogen-bond donors (Lipinski definition) is 2. The van der Waals surface area contributed by atoms with Crippen molar-refractivity contribution in [3.8, 4) is 0 Å². The first-order chi connectivity index (χ1) is 10.2. The summed E-state index contributed by atoms with van der Waals surface area (Å²) in [7, 11) is 0. The minimum Gasteiger partial charge on any atom is -0.378 e. The molecule has 2 rings (SSSR count). The lowest BCUT2D eigenvalue weighted by Crippen LogP contribution is -2.38. The van der Waals surface area contributed by atoms with Gasteiger partial charge in [0.1, 0.15) is 4.47 Å². The summed E-state index contributed by atoms with van der Waals surface area (Å²) in [6.07, 6.45) is 9.59. The average Bonchev–Trinajstić information content (AvgIpc) is 2.52. The van der Waals surface area contributed by atoms with Gasteiger partial charge in [0, 0.05) is 12.6 Å². The number of halogens is 1. The normalized spacial score (nSPS) is 17.4. The minimum atomic E-state index is -0.153. The summed E-state index contributed by atoms with van der Waals surface area (Å²) in [5.41, 5.74) is 6.49. The molecule has 1 heterocycles. The van der Waals surface area contributed by atoms with E-state index in [-0.39, 0.29) is 11.6 Å². The van der Waals surface area contributed by atoms with Crippen molar-refractivity contribution >= 4 is 21.6 Å². The molecule has 3 N–H and O–H groups in total. The Balaban J connectivity index is 2.15. The first-order valence-corrected chi connectivity index (χ1v) is 8.29. The van der Waals surface area contributed by atoms with Gasteiger partial charge in [0.05, 0.1) is 18.4 Å². The molecule has 1 aliphatic rings. The smallest absolute Gasteiger partial charge is 0.283 e. The molecule has 1 aromatic heterocycles. The van der Waals surface area contributed by atoms with Crippen LogP contribution in [0.2, 0.25) is 0 Å². The zero-order valence-electron chi connectivity index (χ0n) is 12.2. The van der Waals surface area contributed by atoms with Crippen LogP contribution in [-0.4, -0.2) is 22.4 Å². The maximum absolute atomic E-state index is 12.2. The molecule has 1 fully saturated rings. The van der Waals surface area contributed by atoms with Crippen molar-refractivity contribution < 1.29 is 0 Å². The van der Waals surface area contributed by atoms with Crippen molar-refractivity contribution in [3.05, 3.63) is 33.7 Å². The molecule has 0 spiro atoms. The molecule has 1 saturated carbocycles. The van der Waals surface area contributed by atoms with Crippen molar-refractivity contribution in [2.75, 3.05) is 11.9 Å². The Labute approximate surface area is 133 Å². The third-order valence-electron chi connectivity index (χ3n) is 4.10. The monoisotopic (exact) mass is 354 g/mol. The van der Waals surface area contributed by atoms with Gasteiger partial charge in [0.25, 0.3) is 5.56 Å². The van der Waals surface area contributed by atoms with Gasteiger partial charge in [-0.3, -0.25) is 4.79 Å². The lowest BCUT2D eigenvalue weighted by Gasteiger charge is -2.31. The third-order valence-corrected chi connectivity index (χ3v) is 4.87. The summed E-state index contributed by atoms with van der Waals surface area (Å²) in [5, 5.41) is 7.56. The van der Waals surface area contributed by atoms with Crippen LogP contribution in [0.1, 0.15) is 32.1 Å². The van der Waals surface area contributed by atoms with Gasteiger partial charge in [-0.2, -0.15) is 5.10 Å². The highest BCUT2D eigenvalue weighted by molar-refractivity contribution is 9.10. The first-order valence-electron chi connectivity index (χ1n) is 7.50. The molecule has 0 aromatic carbocycles. The molecule has 0 aliphatic heterocycles. The SMILES string of the molecule is C=CCn1ncc(NC(CN)C2CCCCC2)c(Br)c1=O. The number of rotatable bonds is 6. The maximum atomic E-state index is 12.2. The summed E-state index contributed by atoms with van der Waals surface area (Å²) in [6.45, 7) is 4.59. The van der Waals surface area contributed by atoms with E-state index >= 15 is 0 Å². The maximum Gasteiger partial charge on any atom is 0.283 e. The molecule has 1 atom stereocenters. The van der Waals surface area contributed by atoms with Crippen molar-refractivity contribution in [2.45, 2.75) is 44.7 Å². The molecule has 0 radical (unpaired) electrons. The second-order valence-corrected chi connectivity index (χ2v) is 6.33. The molecule has 1 unspecified atom stereocenters. The summed E-state index contributed by atoms with van der Waals surface area (Å²) < 4.78 is 1.88. The highest BCUT2D eigenvalue weighted by Gasteiger charge is 2.23. The van der Waals surface area contributed by atoms with E-state index in [1.807, 2.05) is 0 Å². The molecular weight excluding hydrogens is 332 g/mol. The minimum absolute atomic E-state index is 0.153. The highest BCUT2D eigenvalue weighted by Crippen LogP contribution is 2.28. The van der Waals surface area contributed by atoms with Gasteiger partial charge in [-0.1, -0.05) is 25.3 Å². The zero-order chi connectivity index (χ0) is 15.2. The molecular formula is C15H23BrN4O. The van der Waals surface area contributed by atoms with E-state index in [2.05, 4.69) is 32.9 Å². The molecule has 1 aromatic rings. The number of hydrogen-bond acceptors (Lipinski definition) is 4. The molecule has 1 aliphatic carbocycles. The van der Waals surface area contributed by atoms with Crippen molar-refractivity contribution in [1.29, 1.82) is 0 Å². The van der Waals surface area contributed by atoms with Gasteiger partial charge in [0.15, 0.2) is 0 Å². The van der Waals surface area contributed by atoms with Crippen molar-refractivity contribution in [2.24, 2.45) is 11.7 Å². The van der Waals surface area contributed by atoms with Gasteiger partial charge in [-0.05, 0) is 34.7 Å². The summed E-state index contributed by atoms with van der Waals surface area (Å²) in [6, 6.07) is 0.193. The van der Waals surface area contributed by atoms with Crippen LogP contribution in [-0.2, 0) is 6.54 Å². The number of nitrogens with two attached hydrogens (primary N) is 1. The zero-order valence-corrected chi connectivity index (χ0v) is 13.8. The quantitative estimate of drug-likeness (QED) is 0.769. The predicted molar refractivity (Wildman–Crippen MR) is 89.4 cm³/mol. The molecule has 0 amide bonds. The fraction of sp³-hybridized carbons (Fsp3) is 0.600. The molecule has 6 heteroatoms. The number of nitrogens with zero attached hydrogens (tertiary/aromatic N) is 2. The Morgan fingerprint density at radius 1 is 1.52 bits per heavy atom. The molecule has 0 saturated heterocycles. The van der Waals surface area contributed by atoms with Crippen LogP contribution in [0, 0.1) is 5.92 Å². The Kier molecular flexibility index (Phi) is 5.99. The van der Waals surface area contributed by atoms with Gasteiger partial charge >= 0.3 is 0 Å².